The number of primary amides is 1. The monoisotopic (exact) mass is 706 g/mol. The Morgan fingerprint density at radius 3 is 2.21 bits per heavy atom. The number of sulfonamides is 1. The minimum atomic E-state index is -3.69. The fourth-order valence-electron chi connectivity index (χ4n) is 7.27. The van der Waals surface area contributed by atoms with Crippen molar-refractivity contribution >= 4 is 50.9 Å². The number of ketones is 1. The number of Topliss-reactive ketones (excluding diaryl/α,β-unsaturated/α-hetero) is 1. The van der Waals surface area contributed by atoms with Crippen LogP contribution in [0.2, 0.25) is 0 Å². The normalized spacial score (nSPS) is 26.1. The van der Waals surface area contributed by atoms with Crippen molar-refractivity contribution in [3.8, 4) is 0 Å². The van der Waals surface area contributed by atoms with E-state index < -0.39 is 74.6 Å². The minimum Gasteiger partial charge on any atom is -0.363 e. The highest BCUT2D eigenvalue weighted by molar-refractivity contribution is 7.89. The SMILES string of the molecule is CC(C)(C)[C@H](NC(=O)N[C@H](CN1Cc2sccc2S1(=O)=O)C(C)(C)C)C(=O)N1C[C@H]2[C@@H]([C@H]1C(=O)NC(CC1CC1)C(=O)C(N)=O)C2(C)C. The molecule has 0 aromatic carbocycles. The smallest absolute Gasteiger partial charge is 0.315 e. The van der Waals surface area contributed by atoms with E-state index in [9.17, 15) is 32.4 Å². The summed E-state index contributed by atoms with van der Waals surface area (Å²) in [5.41, 5.74) is 3.79. The lowest BCUT2D eigenvalue weighted by atomic mass is 9.85. The summed E-state index contributed by atoms with van der Waals surface area (Å²) >= 11 is 1.38. The largest absolute Gasteiger partial charge is 0.363 e. The highest BCUT2D eigenvalue weighted by atomic mass is 32.2. The van der Waals surface area contributed by atoms with E-state index in [0.717, 1.165) is 17.7 Å². The first-order valence-corrected chi connectivity index (χ1v) is 18.9. The minimum absolute atomic E-state index is 0.0493. The van der Waals surface area contributed by atoms with Crippen LogP contribution in [-0.4, -0.2) is 84.4 Å². The van der Waals surface area contributed by atoms with Crippen LogP contribution in [0, 0.1) is 34.0 Å². The third-order valence-electron chi connectivity index (χ3n) is 10.7. The lowest BCUT2D eigenvalue weighted by molar-refractivity contribution is -0.145. The second kappa shape index (κ2) is 12.4. The fourth-order valence-corrected chi connectivity index (χ4v) is 10.2. The van der Waals surface area contributed by atoms with Crippen molar-refractivity contribution in [3.05, 3.63) is 16.3 Å². The van der Waals surface area contributed by atoms with Gasteiger partial charge in [0.1, 0.15) is 12.1 Å². The Bertz CT molecular complexity index is 1600. The molecular formula is C33H50N6O7S2. The number of hydrogen-bond acceptors (Lipinski definition) is 8. The molecule has 1 unspecified atom stereocenters. The Kier molecular flexibility index (Phi) is 9.35. The third-order valence-corrected chi connectivity index (χ3v) is 13.6. The Balaban J connectivity index is 1.32. The van der Waals surface area contributed by atoms with E-state index in [-0.39, 0.29) is 36.3 Å². The number of fused-ring (bicyclic) bond motifs is 2. The van der Waals surface area contributed by atoms with Crippen LogP contribution >= 0.6 is 11.3 Å². The van der Waals surface area contributed by atoms with E-state index in [2.05, 4.69) is 16.0 Å². The number of thiophene rings is 1. The number of rotatable bonds is 11. The maximum atomic E-state index is 14.4. The molecule has 0 spiro atoms. The van der Waals surface area contributed by atoms with Crippen molar-refractivity contribution in [2.75, 3.05) is 13.1 Å². The van der Waals surface area contributed by atoms with E-state index in [4.69, 9.17) is 5.73 Å². The van der Waals surface area contributed by atoms with Gasteiger partial charge in [0.05, 0.1) is 10.9 Å². The third kappa shape index (κ3) is 7.00. The Morgan fingerprint density at radius 1 is 1.02 bits per heavy atom. The van der Waals surface area contributed by atoms with Gasteiger partial charge in [-0.3, -0.25) is 19.2 Å². The molecule has 3 heterocycles. The number of carbonyl (C=O) groups is 5. The van der Waals surface area contributed by atoms with Gasteiger partial charge in [-0.25, -0.2) is 13.2 Å². The van der Waals surface area contributed by atoms with E-state index >= 15 is 0 Å². The molecule has 1 aromatic rings. The van der Waals surface area contributed by atoms with Crippen molar-refractivity contribution < 1.29 is 32.4 Å². The molecule has 1 saturated heterocycles. The van der Waals surface area contributed by atoms with Gasteiger partial charge >= 0.3 is 6.03 Å². The molecule has 5 N–H and O–H groups in total. The van der Waals surface area contributed by atoms with Gasteiger partial charge in [-0.15, -0.1) is 11.3 Å². The number of likely N-dealkylation sites (tertiary alicyclic amines) is 1. The van der Waals surface area contributed by atoms with Gasteiger partial charge in [-0.05, 0) is 51.9 Å². The van der Waals surface area contributed by atoms with Crippen LogP contribution in [0.25, 0.3) is 0 Å². The summed E-state index contributed by atoms with van der Waals surface area (Å²) < 4.78 is 27.7. The highest BCUT2D eigenvalue weighted by Gasteiger charge is 2.70. The van der Waals surface area contributed by atoms with Gasteiger partial charge in [0, 0.05) is 30.6 Å². The van der Waals surface area contributed by atoms with Gasteiger partial charge in [-0.2, -0.15) is 4.31 Å². The van der Waals surface area contributed by atoms with Gasteiger partial charge in [0.2, 0.25) is 27.6 Å². The molecule has 2 saturated carbocycles. The molecule has 5 amide bonds. The molecule has 1 aromatic heterocycles. The van der Waals surface area contributed by atoms with Crippen molar-refractivity contribution in [3.63, 3.8) is 0 Å². The molecule has 5 rings (SSSR count). The summed E-state index contributed by atoms with van der Waals surface area (Å²) in [6, 6.07) is -2.60. The molecule has 0 radical (unpaired) electrons. The molecule has 48 heavy (non-hydrogen) atoms. The second-order valence-corrected chi connectivity index (χ2v) is 19.6. The first kappa shape index (κ1) is 36.2. The number of urea groups is 1. The molecule has 13 nitrogen and oxygen atoms in total. The van der Waals surface area contributed by atoms with E-state index in [1.807, 2.05) is 55.4 Å². The number of nitrogens with zero attached hydrogens (tertiary/aromatic N) is 2. The molecule has 0 bridgehead atoms. The van der Waals surface area contributed by atoms with Gasteiger partial charge in [-0.1, -0.05) is 68.2 Å². The van der Waals surface area contributed by atoms with E-state index in [1.54, 1.807) is 11.4 Å². The topological polar surface area (TPSA) is 188 Å². The molecule has 3 fully saturated rings. The number of carbonyl (C=O) groups excluding carboxylic acids is 5. The lowest BCUT2D eigenvalue weighted by Gasteiger charge is -2.39. The van der Waals surface area contributed by atoms with Crippen LogP contribution < -0.4 is 21.7 Å². The summed E-state index contributed by atoms with van der Waals surface area (Å²) in [6.45, 7) is 15.9. The first-order valence-electron chi connectivity index (χ1n) is 16.6. The zero-order valence-corrected chi connectivity index (χ0v) is 30.7. The first-order chi connectivity index (χ1) is 22.0. The quantitative estimate of drug-likeness (QED) is 0.254. The number of piperidine rings is 1. The Hall–Kier alpha value is -3.04. The summed E-state index contributed by atoms with van der Waals surface area (Å²) in [4.78, 5) is 68.9. The van der Waals surface area contributed by atoms with E-state index in [1.165, 1.54) is 20.5 Å². The summed E-state index contributed by atoms with van der Waals surface area (Å²) in [7, 11) is -3.69. The Morgan fingerprint density at radius 2 is 1.67 bits per heavy atom. The fraction of sp³-hybridized carbons (Fsp3) is 0.727. The number of hydrogen-bond donors (Lipinski definition) is 4. The van der Waals surface area contributed by atoms with Crippen LogP contribution in [-0.2, 0) is 35.7 Å². The average molecular weight is 707 g/mol. The Labute approximate surface area is 287 Å². The predicted octanol–water partition coefficient (Wildman–Crippen LogP) is 2.20. The zero-order chi connectivity index (χ0) is 35.7. The highest BCUT2D eigenvalue weighted by Crippen LogP contribution is 2.65. The van der Waals surface area contributed by atoms with Crippen molar-refractivity contribution in [1.82, 2.24) is 25.2 Å². The van der Waals surface area contributed by atoms with Gasteiger partial charge < -0.3 is 26.6 Å². The van der Waals surface area contributed by atoms with Crippen LogP contribution in [0.3, 0.4) is 0 Å². The van der Waals surface area contributed by atoms with Crippen molar-refractivity contribution in [2.45, 2.75) is 110 Å². The standard InChI is InChI=1S/C33H50N6O7S2/c1-31(2,3)22(16-38-15-20-21(11-12-47-20)48(38,45)46)36-30(44)37-26(32(4,5)6)29(43)39-14-18-23(33(18,7)8)24(39)28(42)35-19(13-17-9-10-17)25(40)27(34)41/h11-12,17-19,22-24,26H,9-10,13-16H2,1-8H3,(H2,34,41)(H,35,42)(H2,36,37,44)/t18-,19?,22+,23-,24-,26+/m0/s1. The summed E-state index contributed by atoms with van der Waals surface area (Å²) in [6.07, 6.45) is 2.13. The molecule has 15 heteroatoms. The van der Waals surface area contributed by atoms with Crippen LogP contribution in [0.15, 0.2) is 16.3 Å². The second-order valence-electron chi connectivity index (χ2n) is 16.7. The molecule has 2 aliphatic carbocycles. The van der Waals surface area contributed by atoms with Crippen LogP contribution in [0.5, 0.6) is 0 Å². The average Bonchev–Trinajstić information content (AvgIpc) is 3.63. The number of nitrogens with one attached hydrogen (secondary N) is 3. The molecular weight excluding hydrogens is 657 g/mol. The van der Waals surface area contributed by atoms with Crippen LogP contribution in [0.1, 0.15) is 79.5 Å². The van der Waals surface area contributed by atoms with Gasteiger partial charge in [0.15, 0.2) is 0 Å². The van der Waals surface area contributed by atoms with Gasteiger partial charge in [0.25, 0.3) is 5.91 Å². The number of amides is 5. The predicted molar refractivity (Wildman–Crippen MR) is 180 cm³/mol. The zero-order valence-electron chi connectivity index (χ0n) is 29.1. The van der Waals surface area contributed by atoms with E-state index in [0.29, 0.717) is 17.9 Å². The van der Waals surface area contributed by atoms with Crippen molar-refractivity contribution in [2.24, 2.45) is 39.7 Å². The van der Waals surface area contributed by atoms with Crippen molar-refractivity contribution in [1.29, 1.82) is 0 Å². The van der Waals surface area contributed by atoms with Crippen LogP contribution in [0.4, 0.5) is 4.79 Å². The molecule has 2 aliphatic heterocycles. The molecule has 6 atom stereocenters. The summed E-state index contributed by atoms with van der Waals surface area (Å²) in [5, 5.41) is 10.3. The molecule has 4 aliphatic rings. The maximum Gasteiger partial charge on any atom is 0.315 e. The summed E-state index contributed by atoms with van der Waals surface area (Å²) in [5.74, 6) is -2.78. The molecule has 266 valence electrons. The lowest BCUT2D eigenvalue weighted by Crippen LogP contribution is -2.62. The number of nitrogens with two attached hydrogens (primary N) is 1. The maximum absolute atomic E-state index is 14.4.